The Hall–Kier alpha value is -1.73. The summed E-state index contributed by atoms with van der Waals surface area (Å²) < 4.78 is 6.12. The van der Waals surface area contributed by atoms with Crippen molar-refractivity contribution >= 4 is 11.9 Å². The summed E-state index contributed by atoms with van der Waals surface area (Å²) in [6, 6.07) is 2.12. The predicted molar refractivity (Wildman–Crippen MR) is 94.3 cm³/mol. The molecule has 25 heavy (non-hydrogen) atoms. The molecule has 0 aliphatic carbocycles. The Morgan fingerprint density at radius 1 is 1.20 bits per heavy atom. The minimum atomic E-state index is -0.300. The third-order valence-electron chi connectivity index (χ3n) is 5.74. The van der Waals surface area contributed by atoms with Gasteiger partial charge in [0.2, 0.25) is 11.9 Å². The highest BCUT2D eigenvalue weighted by molar-refractivity contribution is 5.81. The number of hydrogen-bond acceptors (Lipinski definition) is 6. The van der Waals surface area contributed by atoms with E-state index in [0.717, 1.165) is 57.8 Å². The van der Waals surface area contributed by atoms with Crippen molar-refractivity contribution in [2.24, 2.45) is 5.92 Å². The van der Waals surface area contributed by atoms with E-state index in [-0.39, 0.29) is 18.1 Å². The first-order chi connectivity index (χ1) is 12.2. The minimum absolute atomic E-state index is 0.0754. The zero-order chi connectivity index (χ0) is 17.2. The number of piperidine rings is 2. The van der Waals surface area contributed by atoms with E-state index in [0.29, 0.717) is 12.0 Å². The molecule has 0 unspecified atom stereocenters. The third kappa shape index (κ3) is 3.77. The molecule has 1 aromatic rings. The van der Waals surface area contributed by atoms with Crippen molar-refractivity contribution in [3.63, 3.8) is 0 Å². The van der Waals surface area contributed by atoms with Crippen molar-refractivity contribution in [3.05, 3.63) is 18.5 Å². The summed E-state index contributed by atoms with van der Waals surface area (Å²) in [4.78, 5) is 25.7. The second kappa shape index (κ2) is 7.25. The van der Waals surface area contributed by atoms with Crippen LogP contribution in [0.1, 0.15) is 25.7 Å². The number of amides is 1. The van der Waals surface area contributed by atoms with E-state index >= 15 is 0 Å². The van der Waals surface area contributed by atoms with Crippen LogP contribution in [0.5, 0.6) is 0 Å². The number of carbonyl (C=O) groups excluding carboxylic acids is 1. The summed E-state index contributed by atoms with van der Waals surface area (Å²) in [6.45, 7) is 3.80. The maximum absolute atomic E-state index is 12.6. The fraction of sp³-hybridized carbons (Fsp3) is 0.722. The van der Waals surface area contributed by atoms with Crippen molar-refractivity contribution in [1.29, 1.82) is 0 Å². The van der Waals surface area contributed by atoms with Gasteiger partial charge in [-0.15, -0.1) is 0 Å². The van der Waals surface area contributed by atoms with E-state index in [1.807, 2.05) is 6.07 Å². The average Bonchev–Trinajstić information content (AvgIpc) is 3.08. The van der Waals surface area contributed by atoms with E-state index in [9.17, 15) is 4.79 Å². The maximum atomic E-state index is 12.6. The summed E-state index contributed by atoms with van der Waals surface area (Å²) in [5.41, 5.74) is 0. The highest BCUT2D eigenvalue weighted by Crippen LogP contribution is 2.34. The Bertz CT molecular complexity index is 590. The molecule has 4 rings (SSSR count). The fourth-order valence-electron chi connectivity index (χ4n) is 4.18. The molecule has 3 saturated heterocycles. The van der Waals surface area contributed by atoms with Gasteiger partial charge in [0.05, 0.1) is 6.10 Å². The summed E-state index contributed by atoms with van der Waals surface area (Å²) in [7, 11) is 2.13. The molecule has 0 spiro atoms. The quantitative estimate of drug-likeness (QED) is 0.868. The lowest BCUT2D eigenvalue weighted by molar-refractivity contribution is -0.133. The SMILES string of the molecule is CN1CCC(NC(=O)[C@H]2C[C@@H]3CCN(c4ncccn4)C[C@@H]3O2)CC1. The van der Waals surface area contributed by atoms with Crippen LogP contribution in [0.2, 0.25) is 0 Å². The molecular weight excluding hydrogens is 318 g/mol. The first kappa shape index (κ1) is 16.7. The van der Waals surface area contributed by atoms with Gasteiger partial charge in [0, 0.05) is 31.5 Å². The Morgan fingerprint density at radius 2 is 1.96 bits per heavy atom. The first-order valence-corrected chi connectivity index (χ1v) is 9.35. The van der Waals surface area contributed by atoms with Gasteiger partial charge in [0.1, 0.15) is 6.10 Å². The van der Waals surface area contributed by atoms with Crippen molar-refractivity contribution in [2.45, 2.75) is 43.9 Å². The van der Waals surface area contributed by atoms with Crippen LogP contribution in [0.15, 0.2) is 18.5 Å². The Morgan fingerprint density at radius 3 is 2.72 bits per heavy atom. The van der Waals surface area contributed by atoms with Gasteiger partial charge in [-0.3, -0.25) is 4.79 Å². The molecule has 4 heterocycles. The van der Waals surface area contributed by atoms with Crippen molar-refractivity contribution < 1.29 is 9.53 Å². The van der Waals surface area contributed by atoms with Crippen LogP contribution in [0, 0.1) is 5.92 Å². The molecule has 7 nitrogen and oxygen atoms in total. The molecule has 3 atom stereocenters. The van der Waals surface area contributed by atoms with Gasteiger partial charge < -0.3 is 19.9 Å². The van der Waals surface area contributed by atoms with Crippen molar-refractivity contribution in [2.75, 3.05) is 38.1 Å². The molecule has 0 radical (unpaired) electrons. The first-order valence-electron chi connectivity index (χ1n) is 9.35. The second-order valence-corrected chi connectivity index (χ2v) is 7.53. The Kier molecular flexibility index (Phi) is 4.85. The highest BCUT2D eigenvalue weighted by atomic mass is 16.5. The number of hydrogen-bond donors (Lipinski definition) is 1. The van der Waals surface area contributed by atoms with Crippen molar-refractivity contribution in [3.8, 4) is 0 Å². The fourth-order valence-corrected chi connectivity index (χ4v) is 4.18. The minimum Gasteiger partial charge on any atom is -0.363 e. The van der Waals surface area contributed by atoms with Crippen LogP contribution in [-0.4, -0.2) is 72.3 Å². The third-order valence-corrected chi connectivity index (χ3v) is 5.74. The van der Waals surface area contributed by atoms with Crippen LogP contribution in [0.4, 0.5) is 5.95 Å². The average molecular weight is 345 g/mol. The van der Waals surface area contributed by atoms with Crippen LogP contribution >= 0.6 is 0 Å². The number of rotatable bonds is 3. The summed E-state index contributed by atoms with van der Waals surface area (Å²) in [5.74, 6) is 1.29. The zero-order valence-corrected chi connectivity index (χ0v) is 14.8. The van der Waals surface area contributed by atoms with Crippen LogP contribution < -0.4 is 10.2 Å². The van der Waals surface area contributed by atoms with Crippen LogP contribution in [0.25, 0.3) is 0 Å². The van der Waals surface area contributed by atoms with Gasteiger partial charge in [0.15, 0.2) is 0 Å². The lowest BCUT2D eigenvalue weighted by Gasteiger charge is -2.33. The van der Waals surface area contributed by atoms with E-state index in [4.69, 9.17) is 4.74 Å². The Balaban J connectivity index is 1.31. The van der Waals surface area contributed by atoms with Gasteiger partial charge in [-0.05, 0) is 57.8 Å². The monoisotopic (exact) mass is 345 g/mol. The summed E-state index contributed by atoms with van der Waals surface area (Å²) >= 11 is 0. The number of fused-ring (bicyclic) bond motifs is 1. The number of nitrogens with zero attached hydrogens (tertiary/aromatic N) is 4. The largest absolute Gasteiger partial charge is 0.363 e. The normalized spacial score (nSPS) is 30.9. The van der Waals surface area contributed by atoms with E-state index in [2.05, 4.69) is 32.1 Å². The molecule has 0 bridgehead atoms. The smallest absolute Gasteiger partial charge is 0.249 e. The van der Waals surface area contributed by atoms with Gasteiger partial charge in [-0.1, -0.05) is 0 Å². The molecule has 3 aliphatic rings. The van der Waals surface area contributed by atoms with Gasteiger partial charge >= 0.3 is 0 Å². The molecule has 1 N–H and O–H groups in total. The van der Waals surface area contributed by atoms with Gasteiger partial charge in [-0.25, -0.2) is 9.97 Å². The zero-order valence-electron chi connectivity index (χ0n) is 14.8. The number of nitrogens with one attached hydrogen (secondary N) is 1. The van der Waals surface area contributed by atoms with Crippen LogP contribution in [-0.2, 0) is 9.53 Å². The molecular formula is C18H27N5O2. The summed E-state index contributed by atoms with van der Waals surface area (Å²) in [5, 5.41) is 3.21. The molecule has 0 saturated carbocycles. The predicted octanol–water partition coefficient (Wildman–Crippen LogP) is 0.671. The molecule has 1 aromatic heterocycles. The second-order valence-electron chi connectivity index (χ2n) is 7.53. The highest BCUT2D eigenvalue weighted by Gasteiger charge is 2.42. The number of carbonyl (C=O) groups is 1. The molecule has 1 amide bonds. The number of aromatic nitrogens is 2. The molecule has 0 aromatic carbocycles. The number of likely N-dealkylation sites (tertiary alicyclic amines) is 1. The summed E-state index contributed by atoms with van der Waals surface area (Å²) in [6.07, 6.45) is 7.26. The van der Waals surface area contributed by atoms with E-state index in [1.54, 1.807) is 12.4 Å². The van der Waals surface area contributed by atoms with E-state index < -0.39 is 0 Å². The number of ether oxygens (including phenoxy) is 1. The molecule has 7 heteroatoms. The molecule has 136 valence electrons. The lowest BCUT2D eigenvalue weighted by Crippen LogP contribution is -2.47. The number of anilines is 1. The topological polar surface area (TPSA) is 70.6 Å². The molecule has 3 fully saturated rings. The maximum Gasteiger partial charge on any atom is 0.249 e. The van der Waals surface area contributed by atoms with Gasteiger partial charge in [0.25, 0.3) is 0 Å². The lowest BCUT2D eigenvalue weighted by atomic mass is 9.91. The van der Waals surface area contributed by atoms with Crippen LogP contribution in [0.3, 0.4) is 0 Å². The van der Waals surface area contributed by atoms with Gasteiger partial charge in [-0.2, -0.15) is 0 Å². The standard InChI is InChI=1S/C18H27N5O2/c1-22-8-4-14(5-9-22)21-17(24)15-11-13-3-10-23(12-16(13)25-15)18-19-6-2-7-20-18/h2,6-7,13-16H,3-5,8-12H2,1H3,(H,21,24)/t13-,15+,16-/m0/s1. The Labute approximate surface area is 148 Å². The van der Waals surface area contributed by atoms with Crippen molar-refractivity contribution in [1.82, 2.24) is 20.2 Å². The van der Waals surface area contributed by atoms with E-state index in [1.165, 1.54) is 0 Å². The molecule has 3 aliphatic heterocycles.